The van der Waals surface area contributed by atoms with Gasteiger partial charge in [-0.25, -0.2) is 9.47 Å². The lowest BCUT2D eigenvalue weighted by Crippen LogP contribution is -2.43. The molecule has 0 bridgehead atoms. The van der Waals surface area contributed by atoms with E-state index in [0.717, 1.165) is 35.5 Å². The molecule has 2 aliphatic rings. The van der Waals surface area contributed by atoms with Gasteiger partial charge in [0.2, 0.25) is 5.84 Å². The Balaban J connectivity index is 1.57. The second-order valence-electron chi connectivity index (χ2n) is 8.76. The third-order valence-corrected chi connectivity index (χ3v) is 6.08. The van der Waals surface area contributed by atoms with Gasteiger partial charge in [0.25, 0.3) is 11.8 Å². The Morgan fingerprint density at radius 1 is 1.17 bits per heavy atom. The van der Waals surface area contributed by atoms with E-state index in [0.29, 0.717) is 21.6 Å². The maximum absolute atomic E-state index is 12.8. The molecule has 2 amide bonds. The molecule has 3 heterocycles. The topological polar surface area (TPSA) is 95.8 Å². The van der Waals surface area contributed by atoms with Gasteiger partial charge in [-0.1, -0.05) is 19.3 Å². The van der Waals surface area contributed by atoms with Crippen LogP contribution in [0.3, 0.4) is 0 Å². The van der Waals surface area contributed by atoms with E-state index in [9.17, 15) is 9.59 Å². The van der Waals surface area contributed by atoms with Crippen molar-refractivity contribution in [3.63, 3.8) is 0 Å². The number of aryl methyl sites for hydroxylation is 1. The number of fused-ring (bicyclic) bond motifs is 1. The number of rotatable bonds is 7. The summed E-state index contributed by atoms with van der Waals surface area (Å²) in [5.41, 5.74) is 4.09. The molecule has 2 unspecified atom stereocenters. The summed E-state index contributed by atoms with van der Waals surface area (Å²) in [4.78, 5) is 38.3. The highest BCUT2D eigenvalue weighted by Gasteiger charge is 2.43. The summed E-state index contributed by atoms with van der Waals surface area (Å²) in [7, 11) is 2.01. The molecule has 0 radical (unpaired) electrons. The average Bonchev–Trinajstić information content (AvgIpc) is 3.18. The van der Waals surface area contributed by atoms with Gasteiger partial charge < -0.3 is 10.6 Å². The Hall–Kier alpha value is -4.35. The van der Waals surface area contributed by atoms with Crippen molar-refractivity contribution in [1.29, 1.82) is 0 Å². The highest BCUT2D eigenvalue weighted by Crippen LogP contribution is 2.34. The van der Waals surface area contributed by atoms with Crippen molar-refractivity contribution in [3.8, 4) is 11.8 Å². The number of aliphatic imine (C=N–C) groups is 2. The number of nitrogens with zero attached hydrogens (tertiary/aromatic N) is 4. The molecule has 0 aliphatic carbocycles. The summed E-state index contributed by atoms with van der Waals surface area (Å²) >= 11 is 0. The van der Waals surface area contributed by atoms with E-state index in [1.165, 1.54) is 0 Å². The molecule has 0 fully saturated rings. The zero-order valence-corrected chi connectivity index (χ0v) is 20.9. The van der Waals surface area contributed by atoms with Crippen LogP contribution in [0.1, 0.15) is 48.7 Å². The summed E-state index contributed by atoms with van der Waals surface area (Å²) in [6.45, 7) is 5.61. The smallest absolute Gasteiger partial charge is 0.296 e. The summed E-state index contributed by atoms with van der Waals surface area (Å²) in [5.74, 6) is 5.83. The molecule has 0 saturated heterocycles. The average molecular weight is 482 g/mol. The van der Waals surface area contributed by atoms with Crippen molar-refractivity contribution in [2.75, 3.05) is 12.4 Å². The number of pyridine rings is 1. The van der Waals surface area contributed by atoms with Gasteiger partial charge in [0.1, 0.15) is 17.7 Å². The van der Waals surface area contributed by atoms with Crippen molar-refractivity contribution < 1.29 is 14.1 Å². The van der Waals surface area contributed by atoms with Crippen LogP contribution in [0.25, 0.3) is 0 Å². The minimum Gasteiger partial charge on any atom is -0.337 e. The predicted molar refractivity (Wildman–Crippen MR) is 141 cm³/mol. The molecular formula is C28H29N6O2+. The number of benzene rings is 1. The fourth-order valence-electron chi connectivity index (χ4n) is 4.26. The highest BCUT2D eigenvalue weighted by atomic mass is 16.2. The van der Waals surface area contributed by atoms with Crippen molar-refractivity contribution in [2.45, 2.75) is 39.7 Å². The van der Waals surface area contributed by atoms with Crippen LogP contribution < -0.4 is 10.6 Å². The number of aromatic nitrogens is 1. The van der Waals surface area contributed by atoms with Crippen LogP contribution in [0, 0.1) is 11.8 Å². The molecule has 1 aromatic heterocycles. The third-order valence-electron chi connectivity index (χ3n) is 6.08. The number of carbonyl (C=O) groups excluding carboxylic acids is 2. The first-order valence-corrected chi connectivity index (χ1v) is 11.9. The molecule has 0 saturated carbocycles. The zero-order valence-electron chi connectivity index (χ0n) is 20.9. The molecule has 2 N–H and O–H groups in total. The Kier molecular flexibility index (Phi) is 7.23. The first-order valence-electron chi connectivity index (χ1n) is 11.9. The first-order chi connectivity index (χ1) is 17.4. The van der Waals surface area contributed by atoms with Crippen LogP contribution in [-0.2, 0) is 11.2 Å². The molecule has 2 aromatic rings. The normalized spacial score (nSPS) is 18.6. The zero-order chi connectivity index (χ0) is 25.7. The lowest BCUT2D eigenvalue weighted by atomic mass is 10.1. The second-order valence-corrected chi connectivity index (χ2v) is 8.76. The molecule has 0 spiro atoms. The number of amides is 2. The van der Waals surface area contributed by atoms with Gasteiger partial charge in [-0.3, -0.25) is 14.6 Å². The first kappa shape index (κ1) is 24.8. The van der Waals surface area contributed by atoms with Crippen LogP contribution in [0.4, 0.5) is 5.82 Å². The number of anilines is 1. The number of quaternary nitrogens is 1. The third kappa shape index (κ3) is 5.02. The van der Waals surface area contributed by atoms with Crippen molar-refractivity contribution in [2.24, 2.45) is 9.98 Å². The standard InChI is InChI=1S/C28H28N6O2/c1-5-7-20-13-14-30-24(17-20)32-28(36)22-11-9-21(10-12-22)27-33-26(19(3)31-25(35)8-6-2)23-18-29-15-16-34(23,27)4/h9-19H,5,7H2,1-4H3,(H-,30,31,32,35,36)/p+1. The molecule has 8 heteroatoms. The molecule has 2 aliphatic heterocycles. The lowest BCUT2D eigenvalue weighted by Gasteiger charge is -2.28. The summed E-state index contributed by atoms with van der Waals surface area (Å²) in [6.07, 6.45) is 9.11. The van der Waals surface area contributed by atoms with E-state index in [1.807, 2.05) is 44.4 Å². The minimum absolute atomic E-state index is 0.227. The molecular weight excluding hydrogens is 452 g/mol. The molecule has 36 heavy (non-hydrogen) atoms. The molecule has 1 aromatic carbocycles. The summed E-state index contributed by atoms with van der Waals surface area (Å²) in [5, 5.41) is 5.75. The second kappa shape index (κ2) is 10.5. The number of hydrogen-bond donors (Lipinski definition) is 2. The van der Waals surface area contributed by atoms with Crippen LogP contribution in [0.5, 0.6) is 0 Å². The van der Waals surface area contributed by atoms with Gasteiger partial charge in [-0.2, -0.15) is 4.99 Å². The van der Waals surface area contributed by atoms with Crippen LogP contribution >= 0.6 is 0 Å². The number of nitrogens with one attached hydrogen (secondary N) is 2. The van der Waals surface area contributed by atoms with Gasteiger partial charge in [0.15, 0.2) is 5.70 Å². The van der Waals surface area contributed by atoms with E-state index >= 15 is 0 Å². The van der Waals surface area contributed by atoms with E-state index in [4.69, 9.17) is 4.99 Å². The monoisotopic (exact) mass is 481 g/mol. The Labute approximate surface area is 211 Å². The van der Waals surface area contributed by atoms with Gasteiger partial charge in [-0.15, -0.1) is 0 Å². The maximum atomic E-state index is 12.8. The van der Waals surface area contributed by atoms with E-state index in [-0.39, 0.29) is 17.9 Å². The van der Waals surface area contributed by atoms with Crippen LogP contribution in [-0.4, -0.2) is 46.4 Å². The lowest BCUT2D eigenvalue weighted by molar-refractivity contribution is -0.713. The van der Waals surface area contributed by atoms with Gasteiger partial charge >= 0.3 is 0 Å². The van der Waals surface area contributed by atoms with Crippen molar-refractivity contribution in [1.82, 2.24) is 10.3 Å². The van der Waals surface area contributed by atoms with Crippen LogP contribution in [0.15, 0.2) is 76.4 Å². The number of allylic oxidation sites excluding steroid dienone is 1. The van der Waals surface area contributed by atoms with Gasteiger partial charge in [0, 0.05) is 11.8 Å². The molecule has 2 atom stereocenters. The number of carbonyl (C=O) groups is 2. The van der Waals surface area contributed by atoms with Gasteiger partial charge in [0.05, 0.1) is 31.1 Å². The Bertz CT molecular complexity index is 1370. The largest absolute Gasteiger partial charge is 0.337 e. The quantitative estimate of drug-likeness (QED) is 0.465. The fraction of sp³-hybridized carbons (Fsp3) is 0.250. The predicted octanol–water partition coefficient (Wildman–Crippen LogP) is 3.79. The summed E-state index contributed by atoms with van der Waals surface area (Å²) in [6, 6.07) is 10.8. The molecule has 182 valence electrons. The van der Waals surface area contributed by atoms with E-state index in [1.54, 1.807) is 37.7 Å². The van der Waals surface area contributed by atoms with Gasteiger partial charge in [-0.05, 0) is 68.2 Å². The number of amidine groups is 1. The SMILES string of the molecule is CC#CC(=O)NC(C)C1=C2C=NC=C[N+]2(C)C(c2ccc(C(=O)Nc3cc(CCC)ccn3)cc2)=N1. The highest BCUT2D eigenvalue weighted by molar-refractivity contribution is 6.05. The van der Waals surface area contributed by atoms with E-state index in [2.05, 4.69) is 39.4 Å². The minimum atomic E-state index is -0.359. The fourth-order valence-corrected chi connectivity index (χ4v) is 4.26. The molecule has 8 nitrogen and oxygen atoms in total. The van der Waals surface area contributed by atoms with Crippen molar-refractivity contribution >= 4 is 29.7 Å². The summed E-state index contributed by atoms with van der Waals surface area (Å²) < 4.78 is 0.304. The van der Waals surface area contributed by atoms with Crippen molar-refractivity contribution in [3.05, 3.63) is 83.1 Å². The van der Waals surface area contributed by atoms with Crippen LogP contribution in [0.2, 0.25) is 0 Å². The maximum Gasteiger partial charge on any atom is 0.296 e. The Morgan fingerprint density at radius 3 is 2.67 bits per heavy atom. The Morgan fingerprint density at radius 2 is 1.94 bits per heavy atom. The number of hydrogen-bond acceptors (Lipinski definition) is 5. The van der Waals surface area contributed by atoms with E-state index < -0.39 is 0 Å². The molecule has 4 rings (SSSR count).